The smallest absolute Gasteiger partial charge is 0.319 e. The molecular weight excluding hydrogens is 379 g/mol. The van der Waals surface area contributed by atoms with Gasteiger partial charge in [0, 0.05) is 29.0 Å². The van der Waals surface area contributed by atoms with Gasteiger partial charge < -0.3 is 20.1 Å². The molecule has 4 rings (SSSR count). The lowest BCUT2D eigenvalue weighted by Gasteiger charge is -2.26. The minimum absolute atomic E-state index is 0.143. The second kappa shape index (κ2) is 8.84. The van der Waals surface area contributed by atoms with Gasteiger partial charge in [0.15, 0.2) is 0 Å². The van der Waals surface area contributed by atoms with Crippen LogP contribution in [0.25, 0.3) is 0 Å². The fourth-order valence-corrected chi connectivity index (χ4v) is 4.63. The van der Waals surface area contributed by atoms with Gasteiger partial charge in [0.2, 0.25) is 0 Å². The Morgan fingerprint density at radius 3 is 3.00 bits per heavy atom. The number of benzene rings is 2. The van der Waals surface area contributed by atoms with Crippen LogP contribution >= 0.6 is 11.8 Å². The van der Waals surface area contributed by atoms with E-state index in [9.17, 15) is 9.18 Å². The van der Waals surface area contributed by atoms with Gasteiger partial charge in [-0.3, -0.25) is 0 Å². The van der Waals surface area contributed by atoms with E-state index in [1.54, 1.807) is 12.1 Å². The third-order valence-electron chi connectivity index (χ3n) is 4.88. The lowest BCUT2D eigenvalue weighted by atomic mass is 10.0. The van der Waals surface area contributed by atoms with E-state index in [-0.39, 0.29) is 24.0 Å². The number of rotatable bonds is 5. The first-order chi connectivity index (χ1) is 13.7. The fraction of sp³-hybridized carbons (Fsp3) is 0.381. The minimum Gasteiger partial charge on any atom is -0.491 e. The summed E-state index contributed by atoms with van der Waals surface area (Å²) in [5, 5.41) is 5.80. The molecule has 148 valence electrons. The van der Waals surface area contributed by atoms with Gasteiger partial charge in [0.05, 0.1) is 12.1 Å². The molecular formula is C21H23FN2O3S. The first-order valence-corrected chi connectivity index (χ1v) is 10.5. The number of halogens is 1. The van der Waals surface area contributed by atoms with Gasteiger partial charge in [-0.1, -0.05) is 18.2 Å². The zero-order chi connectivity index (χ0) is 19.3. The molecule has 28 heavy (non-hydrogen) atoms. The van der Waals surface area contributed by atoms with E-state index < -0.39 is 0 Å². The minimum atomic E-state index is -0.316. The maximum Gasteiger partial charge on any atom is 0.319 e. The number of urea groups is 1. The third kappa shape index (κ3) is 4.59. The second-order valence-electron chi connectivity index (χ2n) is 6.92. The topological polar surface area (TPSA) is 59.6 Å². The van der Waals surface area contributed by atoms with Crippen molar-refractivity contribution >= 4 is 23.5 Å². The number of hydrogen-bond donors (Lipinski definition) is 2. The van der Waals surface area contributed by atoms with Crippen LogP contribution in [0.1, 0.15) is 30.9 Å². The summed E-state index contributed by atoms with van der Waals surface area (Å²) in [6, 6.07) is 11.8. The summed E-state index contributed by atoms with van der Waals surface area (Å²) in [5.41, 5.74) is 1.48. The highest BCUT2D eigenvalue weighted by atomic mass is 32.2. The molecule has 0 spiro atoms. The number of carbonyl (C=O) groups excluding carboxylic acids is 1. The Kier molecular flexibility index (Phi) is 6.02. The largest absolute Gasteiger partial charge is 0.491 e. The van der Waals surface area contributed by atoms with Crippen LogP contribution in [0.2, 0.25) is 0 Å². The van der Waals surface area contributed by atoms with Crippen molar-refractivity contribution in [3.8, 4) is 5.75 Å². The van der Waals surface area contributed by atoms with Crippen molar-refractivity contribution in [1.29, 1.82) is 0 Å². The second-order valence-corrected chi connectivity index (χ2v) is 8.03. The molecule has 1 fully saturated rings. The van der Waals surface area contributed by atoms with Gasteiger partial charge in [0.1, 0.15) is 18.2 Å². The molecule has 2 amide bonds. The number of fused-ring (bicyclic) bond motifs is 1. The molecule has 0 aromatic heterocycles. The normalized spacial score (nSPS) is 21.0. The highest BCUT2D eigenvalue weighted by Gasteiger charge is 2.24. The van der Waals surface area contributed by atoms with Gasteiger partial charge >= 0.3 is 6.03 Å². The molecule has 0 bridgehead atoms. The Bertz CT molecular complexity index is 842. The molecule has 2 aromatic carbocycles. The monoisotopic (exact) mass is 402 g/mol. The molecule has 2 N–H and O–H groups in total. The number of amides is 2. The van der Waals surface area contributed by atoms with Crippen molar-refractivity contribution in [2.45, 2.75) is 36.3 Å². The van der Waals surface area contributed by atoms with Crippen LogP contribution in [0.5, 0.6) is 5.75 Å². The predicted octanol–water partition coefficient (Wildman–Crippen LogP) is 4.74. The number of nitrogens with one attached hydrogen (secondary N) is 2. The SMILES string of the molecule is O=C(Nc1cccc(OCC2CCCO2)c1)NC1CCSc2c(F)cccc21. The molecule has 7 heteroatoms. The van der Waals surface area contributed by atoms with Gasteiger partial charge in [-0.2, -0.15) is 0 Å². The number of anilines is 1. The first-order valence-electron chi connectivity index (χ1n) is 9.52. The van der Waals surface area contributed by atoms with Crippen LogP contribution < -0.4 is 15.4 Å². The molecule has 2 unspecified atom stereocenters. The van der Waals surface area contributed by atoms with Crippen LogP contribution in [0.15, 0.2) is 47.4 Å². The summed E-state index contributed by atoms with van der Waals surface area (Å²) in [6.45, 7) is 1.31. The molecule has 0 saturated carbocycles. The standard InChI is InChI=1S/C21H23FN2O3S/c22-18-8-2-7-17-19(9-11-28-20(17)18)24-21(25)23-14-4-1-5-15(12-14)27-13-16-6-3-10-26-16/h1-2,4-5,7-8,12,16,19H,3,6,9-11,13H2,(H2,23,24,25). The third-order valence-corrected chi connectivity index (χ3v) is 6.04. The Morgan fingerprint density at radius 2 is 2.14 bits per heavy atom. The highest BCUT2D eigenvalue weighted by Crippen LogP contribution is 2.37. The Morgan fingerprint density at radius 1 is 1.25 bits per heavy atom. The molecule has 1 saturated heterocycles. The number of ether oxygens (including phenoxy) is 2. The lowest BCUT2D eigenvalue weighted by Crippen LogP contribution is -2.34. The fourth-order valence-electron chi connectivity index (χ4n) is 3.49. The molecule has 0 radical (unpaired) electrons. The molecule has 2 aliphatic heterocycles. The van der Waals surface area contributed by atoms with E-state index in [0.29, 0.717) is 22.9 Å². The molecule has 5 nitrogen and oxygen atoms in total. The lowest BCUT2D eigenvalue weighted by molar-refractivity contribution is 0.0680. The van der Waals surface area contributed by atoms with Crippen molar-refractivity contribution in [3.63, 3.8) is 0 Å². The van der Waals surface area contributed by atoms with Crippen LogP contribution in [0.3, 0.4) is 0 Å². The van der Waals surface area contributed by atoms with Gasteiger partial charge in [-0.15, -0.1) is 11.8 Å². The van der Waals surface area contributed by atoms with E-state index in [2.05, 4.69) is 10.6 Å². The summed E-state index contributed by atoms with van der Waals surface area (Å²) < 4.78 is 25.3. The van der Waals surface area contributed by atoms with E-state index in [1.165, 1.54) is 17.8 Å². The molecule has 0 aliphatic carbocycles. The van der Waals surface area contributed by atoms with E-state index in [4.69, 9.17) is 9.47 Å². The summed E-state index contributed by atoms with van der Waals surface area (Å²) >= 11 is 1.49. The van der Waals surface area contributed by atoms with Crippen LogP contribution in [0.4, 0.5) is 14.9 Å². The van der Waals surface area contributed by atoms with E-state index >= 15 is 0 Å². The highest BCUT2D eigenvalue weighted by molar-refractivity contribution is 7.99. The Labute approximate surface area is 168 Å². The van der Waals surface area contributed by atoms with Gasteiger partial charge in [-0.05, 0) is 43.0 Å². The van der Waals surface area contributed by atoms with Gasteiger partial charge in [-0.25, -0.2) is 9.18 Å². The molecule has 2 aromatic rings. The van der Waals surface area contributed by atoms with Crippen LogP contribution in [0, 0.1) is 5.82 Å². The molecule has 2 aliphatic rings. The molecule has 2 heterocycles. The zero-order valence-corrected chi connectivity index (χ0v) is 16.3. The maximum absolute atomic E-state index is 14.0. The summed E-state index contributed by atoms with van der Waals surface area (Å²) in [6.07, 6.45) is 2.99. The van der Waals surface area contributed by atoms with E-state index in [0.717, 1.165) is 37.2 Å². The van der Waals surface area contributed by atoms with Crippen molar-refractivity contribution in [3.05, 3.63) is 53.8 Å². The van der Waals surface area contributed by atoms with Crippen molar-refractivity contribution in [1.82, 2.24) is 5.32 Å². The summed E-state index contributed by atoms with van der Waals surface area (Å²) in [4.78, 5) is 13.1. The van der Waals surface area contributed by atoms with Crippen molar-refractivity contribution in [2.75, 3.05) is 24.3 Å². The summed E-state index contributed by atoms with van der Waals surface area (Å²) in [5.74, 6) is 1.23. The van der Waals surface area contributed by atoms with Crippen LogP contribution in [-0.4, -0.2) is 31.1 Å². The average Bonchev–Trinajstić information content (AvgIpc) is 3.21. The van der Waals surface area contributed by atoms with Crippen LogP contribution in [-0.2, 0) is 4.74 Å². The zero-order valence-electron chi connectivity index (χ0n) is 15.4. The number of hydrogen-bond acceptors (Lipinski definition) is 4. The Hall–Kier alpha value is -2.25. The van der Waals surface area contributed by atoms with E-state index in [1.807, 2.05) is 24.3 Å². The summed E-state index contributed by atoms with van der Waals surface area (Å²) in [7, 11) is 0. The Balaban J connectivity index is 1.35. The molecule has 2 atom stereocenters. The first kappa shape index (κ1) is 19.1. The quantitative estimate of drug-likeness (QED) is 0.758. The van der Waals surface area contributed by atoms with Gasteiger partial charge in [0.25, 0.3) is 0 Å². The van der Waals surface area contributed by atoms with Crippen molar-refractivity contribution < 1.29 is 18.7 Å². The predicted molar refractivity (Wildman–Crippen MR) is 108 cm³/mol. The maximum atomic E-state index is 14.0. The average molecular weight is 402 g/mol. The van der Waals surface area contributed by atoms with Crippen molar-refractivity contribution in [2.24, 2.45) is 0 Å². The number of thioether (sulfide) groups is 1. The number of carbonyl (C=O) groups is 1.